The van der Waals surface area contributed by atoms with Crippen LogP contribution >= 0.6 is 11.3 Å². The predicted octanol–water partition coefficient (Wildman–Crippen LogP) is 4.40. The first-order chi connectivity index (χ1) is 14.6. The van der Waals surface area contributed by atoms with Crippen molar-refractivity contribution in [1.82, 2.24) is 15.2 Å². The third-order valence-electron chi connectivity index (χ3n) is 5.31. The van der Waals surface area contributed by atoms with Crippen LogP contribution in [0, 0.1) is 5.92 Å². The number of rotatable bonds is 6. The number of pyridine rings is 1. The molecule has 0 fully saturated rings. The molecule has 1 aliphatic heterocycles. The Bertz CT molecular complexity index is 1020. The van der Waals surface area contributed by atoms with Gasteiger partial charge in [-0.3, -0.25) is 14.6 Å². The van der Waals surface area contributed by atoms with Gasteiger partial charge in [0.15, 0.2) is 0 Å². The molecule has 1 N–H and O–H groups in total. The Labute approximate surface area is 180 Å². The van der Waals surface area contributed by atoms with Crippen LogP contribution in [0.5, 0.6) is 0 Å². The number of fused-ring (bicyclic) bond motifs is 1. The van der Waals surface area contributed by atoms with Crippen molar-refractivity contribution in [2.45, 2.75) is 32.4 Å². The van der Waals surface area contributed by atoms with Gasteiger partial charge in [-0.1, -0.05) is 44.2 Å². The molecule has 0 saturated carbocycles. The van der Waals surface area contributed by atoms with Crippen LogP contribution in [0.1, 0.15) is 52.2 Å². The molecule has 0 radical (unpaired) electrons. The van der Waals surface area contributed by atoms with Gasteiger partial charge in [0, 0.05) is 35.9 Å². The average Bonchev–Trinajstić information content (AvgIpc) is 3.29. The molecule has 2 amide bonds. The Morgan fingerprint density at radius 3 is 2.70 bits per heavy atom. The normalized spacial score (nSPS) is 18.4. The smallest absolute Gasteiger partial charge is 0.254 e. The lowest BCUT2D eigenvalue weighted by Crippen LogP contribution is -2.48. The Kier molecular flexibility index (Phi) is 5.95. The summed E-state index contributed by atoms with van der Waals surface area (Å²) in [4.78, 5) is 33.9. The van der Waals surface area contributed by atoms with E-state index in [2.05, 4.69) is 24.1 Å². The van der Waals surface area contributed by atoms with Gasteiger partial charge < -0.3 is 10.2 Å². The summed E-state index contributed by atoms with van der Waals surface area (Å²) >= 11 is 1.59. The van der Waals surface area contributed by atoms with E-state index < -0.39 is 5.92 Å². The van der Waals surface area contributed by atoms with Gasteiger partial charge >= 0.3 is 0 Å². The maximum absolute atomic E-state index is 13.5. The van der Waals surface area contributed by atoms with E-state index in [9.17, 15) is 9.59 Å². The number of thiophene rings is 1. The van der Waals surface area contributed by atoms with Crippen molar-refractivity contribution in [3.63, 3.8) is 0 Å². The number of carbonyl (C=O) groups excluding carboxylic acids is 2. The predicted molar refractivity (Wildman–Crippen MR) is 118 cm³/mol. The Morgan fingerprint density at radius 1 is 1.17 bits per heavy atom. The van der Waals surface area contributed by atoms with Crippen molar-refractivity contribution < 1.29 is 9.59 Å². The fraction of sp³-hybridized carbons (Fsp3) is 0.292. The highest BCUT2D eigenvalue weighted by Crippen LogP contribution is 2.44. The molecule has 0 unspecified atom stereocenters. The zero-order valence-corrected chi connectivity index (χ0v) is 17.9. The van der Waals surface area contributed by atoms with Gasteiger partial charge in [0.2, 0.25) is 5.91 Å². The quantitative estimate of drug-likeness (QED) is 0.644. The highest BCUT2D eigenvalue weighted by Gasteiger charge is 2.44. The summed E-state index contributed by atoms with van der Waals surface area (Å²) in [5.74, 6) is -0.256. The van der Waals surface area contributed by atoms with Crippen molar-refractivity contribution in [2.24, 2.45) is 5.92 Å². The fourth-order valence-electron chi connectivity index (χ4n) is 4.05. The zero-order chi connectivity index (χ0) is 21.1. The van der Waals surface area contributed by atoms with Crippen molar-refractivity contribution in [2.75, 3.05) is 6.54 Å². The van der Waals surface area contributed by atoms with Crippen LogP contribution in [0.4, 0.5) is 0 Å². The first-order valence-corrected chi connectivity index (χ1v) is 11.0. The minimum Gasteiger partial charge on any atom is -0.351 e. The molecule has 2 aromatic heterocycles. The topological polar surface area (TPSA) is 62.3 Å². The van der Waals surface area contributed by atoms with Crippen LogP contribution in [0.25, 0.3) is 0 Å². The number of nitrogens with one attached hydrogen (secondary N) is 1. The third-order valence-corrected chi connectivity index (χ3v) is 6.25. The second kappa shape index (κ2) is 8.79. The summed E-state index contributed by atoms with van der Waals surface area (Å²) in [6, 6.07) is 15.0. The lowest BCUT2D eigenvalue weighted by molar-refractivity contribution is -0.124. The fourth-order valence-corrected chi connectivity index (χ4v) is 4.92. The number of amides is 2. The van der Waals surface area contributed by atoms with E-state index in [1.54, 1.807) is 23.7 Å². The van der Waals surface area contributed by atoms with Crippen molar-refractivity contribution in [3.8, 4) is 0 Å². The van der Waals surface area contributed by atoms with Crippen LogP contribution in [-0.4, -0.2) is 28.2 Å². The van der Waals surface area contributed by atoms with Gasteiger partial charge in [-0.25, -0.2) is 0 Å². The minimum absolute atomic E-state index is 0.00555. The van der Waals surface area contributed by atoms with Gasteiger partial charge in [-0.2, -0.15) is 0 Å². The summed E-state index contributed by atoms with van der Waals surface area (Å²) in [5.41, 5.74) is 2.36. The maximum Gasteiger partial charge on any atom is 0.254 e. The maximum atomic E-state index is 13.5. The van der Waals surface area contributed by atoms with Crippen molar-refractivity contribution >= 4 is 23.2 Å². The molecule has 30 heavy (non-hydrogen) atoms. The molecule has 0 spiro atoms. The molecule has 3 heterocycles. The van der Waals surface area contributed by atoms with Crippen LogP contribution < -0.4 is 5.32 Å². The van der Waals surface area contributed by atoms with Crippen molar-refractivity contribution in [1.29, 1.82) is 0 Å². The van der Waals surface area contributed by atoms with Gasteiger partial charge in [0.05, 0.1) is 12.0 Å². The molecule has 4 rings (SSSR count). The summed E-state index contributed by atoms with van der Waals surface area (Å²) in [6.07, 6.45) is 3.46. The molecule has 1 aliphatic rings. The largest absolute Gasteiger partial charge is 0.351 e. The molecule has 1 aromatic carbocycles. The molecular formula is C24H25N3O2S. The van der Waals surface area contributed by atoms with E-state index in [0.717, 1.165) is 16.0 Å². The summed E-state index contributed by atoms with van der Waals surface area (Å²) < 4.78 is 0. The third kappa shape index (κ3) is 4.00. The van der Waals surface area contributed by atoms with Gasteiger partial charge in [0.1, 0.15) is 0 Å². The van der Waals surface area contributed by atoms with E-state index in [1.807, 2.05) is 58.8 Å². The highest BCUT2D eigenvalue weighted by atomic mass is 32.1. The molecule has 2 atom stereocenters. The zero-order valence-electron chi connectivity index (χ0n) is 17.1. The van der Waals surface area contributed by atoms with Crippen LogP contribution in [-0.2, 0) is 11.3 Å². The molecule has 0 bridgehead atoms. The molecule has 0 aliphatic carbocycles. The average molecular weight is 420 g/mol. The van der Waals surface area contributed by atoms with E-state index in [1.165, 1.54) is 0 Å². The van der Waals surface area contributed by atoms with E-state index in [0.29, 0.717) is 24.6 Å². The van der Waals surface area contributed by atoms with Gasteiger partial charge in [-0.05, 0) is 40.6 Å². The molecular weight excluding hydrogens is 394 g/mol. The van der Waals surface area contributed by atoms with E-state index in [4.69, 9.17) is 0 Å². The number of carbonyl (C=O) groups is 2. The lowest BCUT2D eigenvalue weighted by atomic mass is 9.81. The SMILES string of the molecule is CC(C)CN1C(=O)c2ccccc2[C@H](C(=O)NCc2cccnc2)[C@@H]1c1cccs1. The molecule has 6 heteroatoms. The Balaban J connectivity index is 1.74. The summed E-state index contributed by atoms with van der Waals surface area (Å²) in [6.45, 7) is 5.19. The van der Waals surface area contributed by atoms with Gasteiger partial charge in [-0.15, -0.1) is 11.3 Å². The number of nitrogens with zero attached hydrogens (tertiary/aromatic N) is 2. The molecule has 154 valence electrons. The second-order valence-electron chi connectivity index (χ2n) is 7.96. The number of hydrogen-bond acceptors (Lipinski definition) is 4. The second-order valence-corrected chi connectivity index (χ2v) is 8.93. The van der Waals surface area contributed by atoms with Crippen LogP contribution in [0.3, 0.4) is 0 Å². The number of aromatic nitrogens is 1. The lowest BCUT2D eigenvalue weighted by Gasteiger charge is -2.42. The standard InChI is InChI=1S/C24H25N3O2S/c1-16(2)15-27-22(20-10-6-12-30-20)21(18-8-3-4-9-19(18)24(27)29)23(28)26-14-17-7-5-11-25-13-17/h3-13,16,21-22H,14-15H2,1-2H3,(H,26,28)/t21-,22-/m0/s1. The highest BCUT2D eigenvalue weighted by molar-refractivity contribution is 7.10. The number of hydrogen-bond donors (Lipinski definition) is 1. The summed E-state index contributed by atoms with van der Waals surface area (Å²) in [7, 11) is 0. The molecule has 0 saturated heterocycles. The first kappa shape index (κ1) is 20.3. The monoisotopic (exact) mass is 419 g/mol. The first-order valence-electron chi connectivity index (χ1n) is 10.2. The minimum atomic E-state index is -0.465. The van der Waals surface area contributed by atoms with Gasteiger partial charge in [0.25, 0.3) is 5.91 Å². The Morgan fingerprint density at radius 2 is 2.00 bits per heavy atom. The van der Waals surface area contributed by atoms with E-state index >= 15 is 0 Å². The molecule has 3 aromatic rings. The molecule has 5 nitrogen and oxygen atoms in total. The van der Waals surface area contributed by atoms with Crippen molar-refractivity contribution in [3.05, 3.63) is 87.9 Å². The Hall–Kier alpha value is -2.99. The van der Waals surface area contributed by atoms with E-state index in [-0.39, 0.29) is 17.9 Å². The summed E-state index contributed by atoms with van der Waals surface area (Å²) in [5, 5.41) is 5.08. The van der Waals surface area contributed by atoms with Crippen LogP contribution in [0.15, 0.2) is 66.3 Å². The number of benzene rings is 1. The van der Waals surface area contributed by atoms with Crippen LogP contribution in [0.2, 0.25) is 0 Å².